The summed E-state index contributed by atoms with van der Waals surface area (Å²) in [5.74, 6) is 0.532. The van der Waals surface area contributed by atoms with Crippen LogP contribution < -0.4 is 10.5 Å². The van der Waals surface area contributed by atoms with Crippen LogP contribution in [0.4, 0.5) is 0 Å². The molecule has 4 aromatic rings. The second-order valence-corrected chi connectivity index (χ2v) is 8.51. The van der Waals surface area contributed by atoms with Gasteiger partial charge in [-0.3, -0.25) is 4.79 Å². The van der Waals surface area contributed by atoms with Gasteiger partial charge in [0.15, 0.2) is 0 Å². The molecule has 0 saturated carbocycles. The molecule has 0 aliphatic carbocycles. The minimum absolute atomic E-state index is 0.0629. The van der Waals surface area contributed by atoms with Crippen molar-refractivity contribution >= 4 is 28.0 Å². The Morgan fingerprint density at radius 1 is 1.00 bits per heavy atom. The number of nitrogens with two attached hydrogens (primary N) is 1. The van der Waals surface area contributed by atoms with Crippen molar-refractivity contribution < 1.29 is 9.53 Å². The van der Waals surface area contributed by atoms with Crippen molar-refractivity contribution in [3.63, 3.8) is 0 Å². The van der Waals surface area contributed by atoms with Gasteiger partial charge in [0.05, 0.1) is 12.1 Å². The molecule has 0 atom stereocenters. The van der Waals surface area contributed by atoms with Crippen LogP contribution in [0.25, 0.3) is 10.8 Å². The molecule has 2 N–H and O–H groups in total. The lowest BCUT2D eigenvalue weighted by Crippen LogP contribution is -2.35. The van der Waals surface area contributed by atoms with Gasteiger partial charge in [0.1, 0.15) is 12.4 Å². The van der Waals surface area contributed by atoms with Crippen LogP contribution in [0.1, 0.15) is 26.4 Å². The number of hydrogen-bond acceptors (Lipinski definition) is 4. The fourth-order valence-corrected chi connectivity index (χ4v) is 4.48. The van der Waals surface area contributed by atoms with Crippen molar-refractivity contribution in [2.45, 2.75) is 20.1 Å². The highest BCUT2D eigenvalue weighted by atomic mass is 32.1. The van der Waals surface area contributed by atoms with Gasteiger partial charge < -0.3 is 15.4 Å². The number of carbonyl (C=O) groups is 1. The van der Waals surface area contributed by atoms with Crippen LogP contribution in [0, 0.1) is 6.92 Å². The van der Waals surface area contributed by atoms with E-state index in [1.54, 1.807) is 11.3 Å². The first-order valence-corrected chi connectivity index (χ1v) is 11.3. The lowest BCUT2D eigenvalue weighted by Gasteiger charge is -2.23. The van der Waals surface area contributed by atoms with Crippen molar-refractivity contribution in [3.05, 3.63) is 99.7 Å². The monoisotopic (exact) mass is 430 g/mol. The number of amides is 1. The molecule has 0 unspecified atom stereocenters. The lowest BCUT2D eigenvalue weighted by atomic mass is 10.0. The Morgan fingerprint density at radius 2 is 1.71 bits per heavy atom. The highest BCUT2D eigenvalue weighted by Crippen LogP contribution is 2.29. The Kier molecular flexibility index (Phi) is 6.65. The highest BCUT2D eigenvalue weighted by molar-refractivity contribution is 7.10. The Hall–Kier alpha value is -3.15. The van der Waals surface area contributed by atoms with Crippen LogP contribution in [-0.2, 0) is 13.2 Å². The molecule has 0 fully saturated rings. The van der Waals surface area contributed by atoms with E-state index in [2.05, 4.69) is 18.4 Å². The Morgan fingerprint density at radius 3 is 2.39 bits per heavy atom. The summed E-state index contributed by atoms with van der Waals surface area (Å²) in [7, 11) is 0. The number of carbonyl (C=O) groups excluding carboxylic acids is 1. The second-order valence-electron chi connectivity index (χ2n) is 7.51. The van der Waals surface area contributed by atoms with E-state index in [0.29, 0.717) is 37.6 Å². The molecule has 1 amide bonds. The van der Waals surface area contributed by atoms with E-state index in [9.17, 15) is 4.79 Å². The third-order valence-electron chi connectivity index (χ3n) is 5.30. The van der Waals surface area contributed by atoms with Crippen LogP contribution in [0.5, 0.6) is 5.75 Å². The zero-order valence-electron chi connectivity index (χ0n) is 17.6. The zero-order chi connectivity index (χ0) is 21.6. The molecular weight excluding hydrogens is 404 g/mol. The van der Waals surface area contributed by atoms with Gasteiger partial charge in [-0.15, -0.1) is 11.3 Å². The number of thiophene rings is 1. The Labute approximate surface area is 186 Å². The smallest absolute Gasteiger partial charge is 0.258 e. The molecule has 3 aromatic carbocycles. The van der Waals surface area contributed by atoms with Crippen molar-refractivity contribution in [1.29, 1.82) is 0 Å². The van der Waals surface area contributed by atoms with Crippen molar-refractivity contribution in [2.75, 3.05) is 13.1 Å². The van der Waals surface area contributed by atoms with E-state index in [-0.39, 0.29) is 5.91 Å². The number of rotatable bonds is 8. The maximum atomic E-state index is 13.6. The van der Waals surface area contributed by atoms with E-state index in [0.717, 1.165) is 16.3 Å². The third kappa shape index (κ3) is 4.95. The normalized spacial score (nSPS) is 10.9. The average Bonchev–Trinajstić information content (AvgIpc) is 3.21. The van der Waals surface area contributed by atoms with E-state index < -0.39 is 0 Å². The van der Waals surface area contributed by atoms with Gasteiger partial charge in [-0.1, -0.05) is 54.6 Å². The minimum Gasteiger partial charge on any atom is -0.488 e. The van der Waals surface area contributed by atoms with Crippen molar-refractivity contribution in [3.8, 4) is 5.75 Å². The molecule has 0 aliphatic rings. The summed E-state index contributed by atoms with van der Waals surface area (Å²) < 4.78 is 6.16. The summed E-state index contributed by atoms with van der Waals surface area (Å²) in [4.78, 5) is 16.6. The number of benzene rings is 3. The average molecular weight is 431 g/mol. The van der Waals surface area contributed by atoms with Crippen molar-refractivity contribution in [1.82, 2.24) is 4.90 Å². The fraction of sp³-hybridized carbons (Fsp3) is 0.192. The summed E-state index contributed by atoms with van der Waals surface area (Å²) in [5, 5.41) is 4.11. The third-order valence-corrected chi connectivity index (χ3v) is 6.31. The fourth-order valence-electron chi connectivity index (χ4n) is 3.56. The van der Waals surface area contributed by atoms with Gasteiger partial charge in [0.25, 0.3) is 5.91 Å². The van der Waals surface area contributed by atoms with Gasteiger partial charge in [-0.2, -0.15) is 0 Å². The topological polar surface area (TPSA) is 55.6 Å². The molecule has 1 aromatic heterocycles. The van der Waals surface area contributed by atoms with Gasteiger partial charge in [-0.25, -0.2) is 0 Å². The number of fused-ring (bicyclic) bond motifs is 1. The standard InChI is InChI=1S/C26H26N2O2S/c1-19-11-14-31-25(19)17-28(13-12-27)26(29)23-15-21-9-5-6-10-22(21)16-24(23)30-18-20-7-3-2-4-8-20/h2-11,14-16H,12-13,17-18,27H2,1H3. The number of hydrogen-bond donors (Lipinski definition) is 1. The number of ether oxygens (including phenoxy) is 1. The molecule has 5 heteroatoms. The van der Waals surface area contributed by atoms with Gasteiger partial charge in [0, 0.05) is 18.0 Å². The van der Waals surface area contributed by atoms with E-state index >= 15 is 0 Å². The Balaban J connectivity index is 1.68. The molecule has 0 aliphatic heterocycles. The van der Waals surface area contributed by atoms with Crippen LogP contribution in [0.2, 0.25) is 0 Å². The molecule has 0 bridgehead atoms. The van der Waals surface area contributed by atoms with Crippen LogP contribution in [0.15, 0.2) is 78.2 Å². The quantitative estimate of drug-likeness (QED) is 0.408. The molecule has 0 saturated heterocycles. The summed E-state index contributed by atoms with van der Waals surface area (Å²) in [6, 6.07) is 24.0. The summed E-state index contributed by atoms with van der Waals surface area (Å²) >= 11 is 1.66. The molecule has 158 valence electrons. The number of aryl methyl sites for hydroxylation is 1. The molecule has 31 heavy (non-hydrogen) atoms. The van der Waals surface area contributed by atoms with Crippen molar-refractivity contribution in [2.24, 2.45) is 5.73 Å². The minimum atomic E-state index is -0.0629. The zero-order valence-corrected chi connectivity index (χ0v) is 18.4. The van der Waals surface area contributed by atoms with Gasteiger partial charge >= 0.3 is 0 Å². The van der Waals surface area contributed by atoms with Crippen LogP contribution in [-0.4, -0.2) is 23.9 Å². The van der Waals surface area contributed by atoms with Gasteiger partial charge in [0.2, 0.25) is 0 Å². The maximum Gasteiger partial charge on any atom is 0.258 e. The molecular formula is C26H26N2O2S. The largest absolute Gasteiger partial charge is 0.488 e. The predicted octanol–water partition coefficient (Wildman–Crippen LogP) is 5.39. The first-order valence-electron chi connectivity index (χ1n) is 10.4. The van der Waals surface area contributed by atoms with Crippen LogP contribution in [0.3, 0.4) is 0 Å². The first kappa shape index (κ1) is 21.1. The van der Waals surface area contributed by atoms with E-state index in [1.165, 1.54) is 10.4 Å². The highest BCUT2D eigenvalue weighted by Gasteiger charge is 2.21. The second kappa shape index (κ2) is 9.77. The van der Waals surface area contributed by atoms with Gasteiger partial charge in [-0.05, 0) is 52.4 Å². The summed E-state index contributed by atoms with van der Waals surface area (Å²) in [6.07, 6.45) is 0. The van der Waals surface area contributed by atoms with Crippen LogP contribution >= 0.6 is 11.3 Å². The lowest BCUT2D eigenvalue weighted by molar-refractivity contribution is 0.0745. The SMILES string of the molecule is Cc1ccsc1CN(CCN)C(=O)c1cc2ccccc2cc1OCc1ccccc1. The summed E-state index contributed by atoms with van der Waals surface area (Å²) in [5.41, 5.74) is 8.67. The summed E-state index contributed by atoms with van der Waals surface area (Å²) in [6.45, 7) is 3.91. The van der Waals surface area contributed by atoms with E-state index in [1.807, 2.05) is 71.6 Å². The molecule has 4 rings (SSSR count). The van der Waals surface area contributed by atoms with E-state index in [4.69, 9.17) is 10.5 Å². The first-order chi connectivity index (χ1) is 15.2. The maximum absolute atomic E-state index is 13.6. The molecule has 4 nitrogen and oxygen atoms in total. The number of nitrogens with zero attached hydrogens (tertiary/aromatic N) is 1. The molecule has 1 heterocycles. The Bertz CT molecular complexity index is 1170. The molecule has 0 spiro atoms. The predicted molar refractivity (Wildman–Crippen MR) is 128 cm³/mol. The molecule has 0 radical (unpaired) electrons.